The maximum atomic E-state index is 13.7. The van der Waals surface area contributed by atoms with Crippen LogP contribution in [0, 0.1) is 0 Å². The van der Waals surface area contributed by atoms with Gasteiger partial charge in [-0.05, 0) is 37.8 Å². The van der Waals surface area contributed by atoms with Gasteiger partial charge in [-0.1, -0.05) is 53.4 Å². The Morgan fingerprint density at radius 2 is 0.824 bits per heavy atom. The summed E-state index contributed by atoms with van der Waals surface area (Å²) in [4.78, 5) is 55.0. The zero-order chi connectivity index (χ0) is 25.7. The Kier molecular flexibility index (Phi) is 12.9. The molecule has 0 bridgehead atoms. The molecule has 1 rings (SSSR count). The van der Waals surface area contributed by atoms with Gasteiger partial charge in [-0.3, -0.25) is 19.2 Å². The number of nitrogens with two attached hydrogens (primary N) is 2. The standard InChI is InChI=1S/C26H42N4O4/c1-5-9-13-29(14-10-6-2)25(33)21-17-19(23(27)31)20(24(28)32)18-22(21)26(34)30(15-11-7-3)16-12-8-4/h17-18H,5-16H2,1-4H3,(H2,27,31)(H2,28,32). The van der Waals surface area contributed by atoms with Gasteiger partial charge in [0.2, 0.25) is 11.8 Å². The van der Waals surface area contributed by atoms with Crippen LogP contribution >= 0.6 is 0 Å². The molecule has 4 amide bonds. The van der Waals surface area contributed by atoms with Crippen molar-refractivity contribution in [2.45, 2.75) is 79.1 Å². The van der Waals surface area contributed by atoms with E-state index in [-0.39, 0.29) is 34.1 Å². The van der Waals surface area contributed by atoms with Gasteiger partial charge >= 0.3 is 0 Å². The topological polar surface area (TPSA) is 127 Å². The molecule has 34 heavy (non-hydrogen) atoms. The highest BCUT2D eigenvalue weighted by Crippen LogP contribution is 2.22. The third-order valence-corrected chi connectivity index (χ3v) is 5.85. The van der Waals surface area contributed by atoms with Gasteiger partial charge < -0.3 is 21.3 Å². The van der Waals surface area contributed by atoms with Crippen LogP contribution in [-0.4, -0.2) is 59.6 Å². The first kappa shape index (κ1) is 29.1. The maximum Gasteiger partial charge on any atom is 0.254 e. The van der Waals surface area contributed by atoms with Crippen LogP contribution < -0.4 is 11.5 Å². The first-order valence-electron chi connectivity index (χ1n) is 12.6. The summed E-state index contributed by atoms with van der Waals surface area (Å²) in [6, 6.07) is 2.56. The number of nitrogens with zero attached hydrogens (tertiary/aromatic N) is 2. The maximum absolute atomic E-state index is 13.7. The first-order chi connectivity index (χ1) is 16.2. The van der Waals surface area contributed by atoms with Gasteiger partial charge in [-0.15, -0.1) is 0 Å². The monoisotopic (exact) mass is 474 g/mol. The number of carbonyl (C=O) groups is 4. The molecule has 0 aromatic heterocycles. The average Bonchev–Trinajstić information content (AvgIpc) is 2.82. The van der Waals surface area contributed by atoms with E-state index >= 15 is 0 Å². The lowest BCUT2D eigenvalue weighted by molar-refractivity contribution is 0.0711. The molecule has 0 fully saturated rings. The summed E-state index contributed by atoms with van der Waals surface area (Å²) >= 11 is 0. The largest absolute Gasteiger partial charge is 0.366 e. The Morgan fingerprint density at radius 3 is 1.03 bits per heavy atom. The number of hydrogen-bond acceptors (Lipinski definition) is 4. The highest BCUT2D eigenvalue weighted by Gasteiger charge is 2.28. The number of carbonyl (C=O) groups excluding carboxylic acids is 4. The zero-order valence-corrected chi connectivity index (χ0v) is 21.3. The summed E-state index contributed by atoms with van der Waals surface area (Å²) in [5.74, 6) is -2.42. The first-order valence-corrected chi connectivity index (χ1v) is 12.6. The quantitative estimate of drug-likeness (QED) is 0.376. The van der Waals surface area contributed by atoms with Crippen molar-refractivity contribution in [1.82, 2.24) is 9.80 Å². The Hall–Kier alpha value is -2.90. The normalized spacial score (nSPS) is 10.7. The minimum absolute atomic E-state index is 0.0917. The summed E-state index contributed by atoms with van der Waals surface area (Å²) in [5, 5.41) is 0. The van der Waals surface area contributed by atoms with Gasteiger partial charge in [0.05, 0.1) is 22.3 Å². The molecule has 4 N–H and O–H groups in total. The predicted octanol–water partition coefficient (Wildman–Crippen LogP) is 3.97. The molecule has 0 radical (unpaired) electrons. The minimum atomic E-state index is -0.871. The van der Waals surface area contributed by atoms with Crippen molar-refractivity contribution in [3.8, 4) is 0 Å². The number of unbranched alkanes of at least 4 members (excludes halogenated alkanes) is 4. The molecule has 0 saturated carbocycles. The van der Waals surface area contributed by atoms with E-state index in [0.29, 0.717) is 26.2 Å². The van der Waals surface area contributed by atoms with Crippen molar-refractivity contribution in [2.24, 2.45) is 11.5 Å². The molecule has 0 aliphatic heterocycles. The van der Waals surface area contributed by atoms with Gasteiger partial charge in [-0.2, -0.15) is 0 Å². The van der Waals surface area contributed by atoms with E-state index < -0.39 is 11.8 Å². The smallest absolute Gasteiger partial charge is 0.254 e. The zero-order valence-electron chi connectivity index (χ0n) is 21.3. The molecule has 0 heterocycles. The van der Waals surface area contributed by atoms with Crippen LogP contribution in [-0.2, 0) is 0 Å². The minimum Gasteiger partial charge on any atom is -0.366 e. The van der Waals surface area contributed by atoms with Crippen molar-refractivity contribution in [3.63, 3.8) is 0 Å². The Balaban J connectivity index is 3.67. The van der Waals surface area contributed by atoms with Gasteiger partial charge in [0, 0.05) is 26.2 Å². The lowest BCUT2D eigenvalue weighted by Crippen LogP contribution is -2.38. The van der Waals surface area contributed by atoms with Crippen LogP contribution in [0.3, 0.4) is 0 Å². The molecular formula is C26H42N4O4. The number of amides is 4. The van der Waals surface area contributed by atoms with E-state index in [4.69, 9.17) is 11.5 Å². The lowest BCUT2D eigenvalue weighted by atomic mass is 9.95. The number of benzene rings is 1. The summed E-state index contributed by atoms with van der Waals surface area (Å²) < 4.78 is 0. The summed E-state index contributed by atoms with van der Waals surface area (Å²) in [6.07, 6.45) is 6.93. The van der Waals surface area contributed by atoms with Crippen molar-refractivity contribution >= 4 is 23.6 Å². The van der Waals surface area contributed by atoms with E-state index in [0.717, 1.165) is 51.4 Å². The Morgan fingerprint density at radius 1 is 0.559 bits per heavy atom. The Bertz CT molecular complexity index is 768. The number of rotatable bonds is 16. The fourth-order valence-electron chi connectivity index (χ4n) is 3.73. The molecule has 0 spiro atoms. The fraction of sp³-hybridized carbons (Fsp3) is 0.615. The molecule has 0 unspecified atom stereocenters. The van der Waals surface area contributed by atoms with Crippen molar-refractivity contribution in [2.75, 3.05) is 26.2 Å². The van der Waals surface area contributed by atoms with Gasteiger partial charge in [-0.25, -0.2) is 0 Å². The van der Waals surface area contributed by atoms with Crippen LogP contribution in [0.1, 0.15) is 120 Å². The summed E-state index contributed by atoms with van der Waals surface area (Å²) in [7, 11) is 0. The molecule has 1 aromatic carbocycles. The van der Waals surface area contributed by atoms with Crippen LogP contribution in [0.2, 0.25) is 0 Å². The van der Waals surface area contributed by atoms with Crippen molar-refractivity contribution in [3.05, 3.63) is 34.4 Å². The second-order valence-corrected chi connectivity index (χ2v) is 8.67. The molecule has 190 valence electrons. The van der Waals surface area contributed by atoms with E-state index in [1.54, 1.807) is 9.80 Å². The van der Waals surface area contributed by atoms with Crippen molar-refractivity contribution < 1.29 is 19.2 Å². The molecule has 1 aromatic rings. The number of hydrogen-bond donors (Lipinski definition) is 2. The SMILES string of the molecule is CCCCN(CCCC)C(=O)c1cc(C(N)=O)c(C(N)=O)cc1C(=O)N(CCCC)CCCC. The van der Waals surface area contributed by atoms with Crippen LogP contribution in [0.5, 0.6) is 0 Å². The third kappa shape index (κ3) is 8.15. The lowest BCUT2D eigenvalue weighted by Gasteiger charge is -2.27. The van der Waals surface area contributed by atoms with Gasteiger partial charge in [0.1, 0.15) is 0 Å². The van der Waals surface area contributed by atoms with E-state index in [1.165, 1.54) is 12.1 Å². The van der Waals surface area contributed by atoms with Gasteiger partial charge in [0.15, 0.2) is 0 Å². The molecule has 0 aliphatic carbocycles. The van der Waals surface area contributed by atoms with E-state index in [1.807, 2.05) is 27.7 Å². The molecule has 0 saturated heterocycles. The van der Waals surface area contributed by atoms with Crippen LogP contribution in [0.25, 0.3) is 0 Å². The van der Waals surface area contributed by atoms with Gasteiger partial charge in [0.25, 0.3) is 11.8 Å². The molecule has 8 heteroatoms. The molecule has 8 nitrogen and oxygen atoms in total. The predicted molar refractivity (Wildman–Crippen MR) is 135 cm³/mol. The molecule has 0 aliphatic rings. The van der Waals surface area contributed by atoms with E-state index in [9.17, 15) is 19.2 Å². The second kappa shape index (κ2) is 15.1. The highest BCUT2D eigenvalue weighted by molar-refractivity contribution is 6.13. The average molecular weight is 475 g/mol. The van der Waals surface area contributed by atoms with Crippen LogP contribution in [0.15, 0.2) is 12.1 Å². The van der Waals surface area contributed by atoms with Crippen molar-refractivity contribution in [1.29, 1.82) is 0 Å². The Labute approximate surface area is 204 Å². The molecule has 0 atom stereocenters. The summed E-state index contributed by atoms with van der Waals surface area (Å²) in [6.45, 7) is 10.4. The fourth-order valence-corrected chi connectivity index (χ4v) is 3.73. The molecular weight excluding hydrogens is 432 g/mol. The third-order valence-electron chi connectivity index (χ3n) is 5.85. The van der Waals surface area contributed by atoms with Crippen LogP contribution in [0.4, 0.5) is 0 Å². The number of primary amides is 2. The van der Waals surface area contributed by atoms with E-state index in [2.05, 4.69) is 0 Å². The second-order valence-electron chi connectivity index (χ2n) is 8.67. The highest BCUT2D eigenvalue weighted by atomic mass is 16.2. The summed E-state index contributed by atoms with van der Waals surface area (Å²) in [5.41, 5.74) is 10.9.